The molecule has 2 N–H and O–H groups in total. The number of anilines is 1. The largest absolute Gasteiger partial charge is 0.330 e. The lowest BCUT2D eigenvalue weighted by atomic mass is 9.91. The summed E-state index contributed by atoms with van der Waals surface area (Å²) in [5, 5.41) is 0. The van der Waals surface area contributed by atoms with Gasteiger partial charge in [0.05, 0.1) is 0 Å². The minimum absolute atomic E-state index is 0.00272. The number of benzene rings is 1. The smallest absolute Gasteiger partial charge is 0.227 e. The summed E-state index contributed by atoms with van der Waals surface area (Å²) in [6.45, 7) is 9.59. The van der Waals surface area contributed by atoms with Crippen molar-refractivity contribution in [2.45, 2.75) is 40.5 Å². The number of nitrogens with zero attached hydrogens (tertiary/aromatic N) is 1. The molecule has 1 amide bonds. The van der Waals surface area contributed by atoms with Crippen molar-refractivity contribution in [1.82, 2.24) is 0 Å². The molecule has 0 fully saturated rings. The first-order chi connectivity index (χ1) is 8.83. The van der Waals surface area contributed by atoms with Gasteiger partial charge in [0.25, 0.3) is 0 Å². The van der Waals surface area contributed by atoms with Crippen LogP contribution in [0, 0.1) is 12.3 Å². The Morgan fingerprint density at radius 3 is 2.26 bits per heavy atom. The fourth-order valence-electron chi connectivity index (χ4n) is 1.92. The molecule has 0 aliphatic carbocycles. The Bertz CT molecular complexity index is 404. The number of amides is 1. The lowest BCUT2D eigenvalue weighted by molar-refractivity contribution is -0.120. The van der Waals surface area contributed by atoms with Crippen molar-refractivity contribution in [3.63, 3.8) is 0 Å². The van der Waals surface area contributed by atoms with E-state index in [2.05, 4.69) is 20.8 Å². The number of carbonyl (C=O) groups is 1. The highest BCUT2D eigenvalue weighted by Crippen LogP contribution is 2.23. The summed E-state index contributed by atoms with van der Waals surface area (Å²) >= 11 is 0. The molecule has 0 aliphatic rings. The summed E-state index contributed by atoms with van der Waals surface area (Å²) in [5.74, 6) is 0.171. The molecule has 0 aromatic heterocycles. The number of nitrogens with two attached hydrogens (primary N) is 1. The summed E-state index contributed by atoms with van der Waals surface area (Å²) in [7, 11) is 0. The van der Waals surface area contributed by atoms with Gasteiger partial charge < -0.3 is 10.6 Å². The van der Waals surface area contributed by atoms with E-state index in [4.69, 9.17) is 5.73 Å². The van der Waals surface area contributed by atoms with E-state index >= 15 is 0 Å². The molecule has 1 aromatic rings. The monoisotopic (exact) mass is 262 g/mol. The van der Waals surface area contributed by atoms with Crippen LogP contribution in [0.15, 0.2) is 24.3 Å². The van der Waals surface area contributed by atoms with Crippen molar-refractivity contribution in [2.75, 3.05) is 18.0 Å². The Morgan fingerprint density at radius 1 is 1.21 bits per heavy atom. The van der Waals surface area contributed by atoms with Gasteiger partial charge in [0, 0.05) is 18.7 Å². The van der Waals surface area contributed by atoms with E-state index in [0.717, 1.165) is 12.1 Å². The quantitative estimate of drug-likeness (QED) is 0.886. The van der Waals surface area contributed by atoms with Crippen molar-refractivity contribution >= 4 is 11.6 Å². The van der Waals surface area contributed by atoms with Crippen LogP contribution in [-0.4, -0.2) is 19.0 Å². The normalized spacial score (nSPS) is 11.4. The molecular weight excluding hydrogens is 236 g/mol. The van der Waals surface area contributed by atoms with Crippen LogP contribution in [-0.2, 0) is 4.79 Å². The fourth-order valence-corrected chi connectivity index (χ4v) is 1.92. The van der Waals surface area contributed by atoms with Crippen LogP contribution in [0.4, 0.5) is 5.69 Å². The third-order valence-electron chi connectivity index (χ3n) is 2.91. The van der Waals surface area contributed by atoms with Crippen LogP contribution < -0.4 is 10.6 Å². The third-order valence-corrected chi connectivity index (χ3v) is 2.91. The van der Waals surface area contributed by atoms with Crippen LogP contribution in [0.3, 0.4) is 0 Å². The maximum atomic E-state index is 12.4. The van der Waals surface area contributed by atoms with Crippen LogP contribution in [0.25, 0.3) is 0 Å². The van der Waals surface area contributed by atoms with Gasteiger partial charge in [-0.1, -0.05) is 38.5 Å². The Morgan fingerprint density at radius 2 is 1.79 bits per heavy atom. The molecule has 0 unspecified atom stereocenters. The van der Waals surface area contributed by atoms with Gasteiger partial charge in [-0.15, -0.1) is 0 Å². The zero-order valence-corrected chi connectivity index (χ0v) is 12.6. The summed E-state index contributed by atoms with van der Waals surface area (Å²) < 4.78 is 0. The third kappa shape index (κ3) is 5.43. The predicted octanol–water partition coefficient (Wildman–Crippen LogP) is 3.11. The second-order valence-corrected chi connectivity index (χ2v) is 6.26. The van der Waals surface area contributed by atoms with E-state index in [0.29, 0.717) is 19.5 Å². The Labute approximate surface area is 116 Å². The molecule has 0 heterocycles. The summed E-state index contributed by atoms with van der Waals surface area (Å²) in [4.78, 5) is 14.3. The van der Waals surface area contributed by atoms with E-state index in [1.807, 2.05) is 36.1 Å². The van der Waals surface area contributed by atoms with E-state index < -0.39 is 0 Å². The minimum Gasteiger partial charge on any atom is -0.330 e. The van der Waals surface area contributed by atoms with E-state index in [1.165, 1.54) is 5.56 Å². The van der Waals surface area contributed by atoms with Crippen molar-refractivity contribution in [2.24, 2.45) is 11.1 Å². The van der Waals surface area contributed by atoms with Crippen molar-refractivity contribution in [1.29, 1.82) is 0 Å². The zero-order valence-electron chi connectivity index (χ0n) is 12.6. The maximum Gasteiger partial charge on any atom is 0.227 e. The molecule has 0 aliphatic heterocycles. The first-order valence-corrected chi connectivity index (χ1v) is 6.90. The SMILES string of the molecule is Cc1ccc(N(CCCN)C(=O)CC(C)(C)C)cc1. The topological polar surface area (TPSA) is 46.3 Å². The van der Waals surface area contributed by atoms with Gasteiger partial charge in [-0.2, -0.15) is 0 Å². The first-order valence-electron chi connectivity index (χ1n) is 6.90. The van der Waals surface area contributed by atoms with E-state index in [-0.39, 0.29) is 11.3 Å². The molecule has 1 rings (SSSR count). The van der Waals surface area contributed by atoms with Crippen LogP contribution in [0.2, 0.25) is 0 Å². The number of carbonyl (C=O) groups excluding carboxylic acids is 1. The molecule has 0 atom stereocenters. The molecule has 0 saturated carbocycles. The molecule has 0 bridgehead atoms. The molecule has 0 saturated heterocycles. The van der Waals surface area contributed by atoms with Crippen molar-refractivity contribution < 1.29 is 4.79 Å². The summed E-state index contributed by atoms with van der Waals surface area (Å²) in [5.41, 5.74) is 7.74. The van der Waals surface area contributed by atoms with Gasteiger partial charge in [0.1, 0.15) is 0 Å². The highest BCUT2D eigenvalue weighted by atomic mass is 16.2. The average molecular weight is 262 g/mol. The number of hydrogen-bond acceptors (Lipinski definition) is 2. The molecule has 1 aromatic carbocycles. The first kappa shape index (κ1) is 15.7. The molecule has 0 radical (unpaired) electrons. The summed E-state index contributed by atoms with van der Waals surface area (Å²) in [6.07, 6.45) is 1.37. The van der Waals surface area contributed by atoms with Crippen molar-refractivity contribution in [3.05, 3.63) is 29.8 Å². The van der Waals surface area contributed by atoms with Crippen LogP contribution in [0.5, 0.6) is 0 Å². The predicted molar refractivity (Wildman–Crippen MR) is 81.3 cm³/mol. The van der Waals surface area contributed by atoms with Crippen LogP contribution in [0.1, 0.15) is 39.2 Å². The summed E-state index contributed by atoms with van der Waals surface area (Å²) in [6, 6.07) is 8.09. The van der Waals surface area contributed by atoms with Gasteiger partial charge >= 0.3 is 0 Å². The number of rotatable bonds is 5. The lowest BCUT2D eigenvalue weighted by Crippen LogP contribution is -2.35. The highest BCUT2D eigenvalue weighted by molar-refractivity contribution is 5.93. The highest BCUT2D eigenvalue weighted by Gasteiger charge is 2.21. The molecule has 3 heteroatoms. The molecule has 106 valence electrons. The zero-order chi connectivity index (χ0) is 14.5. The molecule has 3 nitrogen and oxygen atoms in total. The van der Waals surface area contributed by atoms with Gasteiger partial charge in [0.2, 0.25) is 5.91 Å². The fraction of sp³-hybridized carbons (Fsp3) is 0.562. The lowest BCUT2D eigenvalue weighted by Gasteiger charge is -2.27. The molecule has 19 heavy (non-hydrogen) atoms. The Kier molecular flexibility index (Phi) is 5.55. The Balaban J connectivity index is 2.87. The average Bonchev–Trinajstić information content (AvgIpc) is 2.29. The molecular formula is C16H26N2O. The Hall–Kier alpha value is -1.35. The van der Waals surface area contributed by atoms with Gasteiger partial charge in [-0.05, 0) is 37.4 Å². The van der Waals surface area contributed by atoms with Gasteiger partial charge in [0.15, 0.2) is 0 Å². The number of aryl methyl sites for hydroxylation is 1. The van der Waals surface area contributed by atoms with Gasteiger partial charge in [-0.25, -0.2) is 0 Å². The van der Waals surface area contributed by atoms with E-state index in [1.54, 1.807) is 0 Å². The maximum absolute atomic E-state index is 12.4. The minimum atomic E-state index is 0.00272. The molecule has 0 spiro atoms. The number of hydrogen-bond donors (Lipinski definition) is 1. The second-order valence-electron chi connectivity index (χ2n) is 6.26. The van der Waals surface area contributed by atoms with Crippen molar-refractivity contribution in [3.8, 4) is 0 Å². The standard InChI is InChI=1S/C16H26N2O/c1-13-6-8-14(9-7-13)18(11-5-10-17)15(19)12-16(2,3)4/h6-9H,5,10-12,17H2,1-4H3. The second kappa shape index (κ2) is 6.71. The van der Waals surface area contributed by atoms with Crippen LogP contribution >= 0.6 is 0 Å². The van der Waals surface area contributed by atoms with E-state index in [9.17, 15) is 4.79 Å². The van der Waals surface area contributed by atoms with Gasteiger partial charge in [-0.3, -0.25) is 4.79 Å².